The molecule has 104 valence electrons. The van der Waals surface area contributed by atoms with Crippen LogP contribution in [0.25, 0.3) is 0 Å². The molecule has 1 heterocycles. The second-order valence-electron chi connectivity index (χ2n) is 4.86. The van der Waals surface area contributed by atoms with E-state index in [1.54, 1.807) is 24.3 Å². The van der Waals surface area contributed by atoms with Crippen molar-refractivity contribution in [3.05, 3.63) is 42.2 Å². The maximum Gasteiger partial charge on any atom is 0.240 e. The van der Waals surface area contributed by atoms with Crippen LogP contribution in [0.1, 0.15) is 12.8 Å². The van der Waals surface area contributed by atoms with Crippen LogP contribution in [0, 0.1) is 11.7 Å². The zero-order valence-electron chi connectivity index (χ0n) is 10.9. The molecule has 0 atom stereocenters. The first-order chi connectivity index (χ1) is 9.70. The Morgan fingerprint density at radius 3 is 2.85 bits per heavy atom. The molecule has 0 unspecified atom stereocenters. The summed E-state index contributed by atoms with van der Waals surface area (Å²) in [4.78, 5) is 4.21. The van der Waals surface area contributed by atoms with Crippen molar-refractivity contribution in [2.75, 3.05) is 12.3 Å². The number of aromatic nitrogens is 1. The Balaban J connectivity index is 1.73. The lowest BCUT2D eigenvalue weighted by atomic mass is 10.3. The van der Waals surface area contributed by atoms with Gasteiger partial charge in [0.1, 0.15) is 11.6 Å². The number of halogens is 1. The standard InChI is InChI=1S/C15H15FN2O2/c16-11-2-1-3-12(8-11)20-14-7-6-13(17)15(18-14)19-9-10-4-5-10/h1-3,6-8,10H,4-5,9,17H2. The quantitative estimate of drug-likeness (QED) is 0.908. The molecule has 1 aliphatic rings. The highest BCUT2D eigenvalue weighted by atomic mass is 19.1. The van der Waals surface area contributed by atoms with Crippen molar-refractivity contribution >= 4 is 5.69 Å². The number of nitrogens with zero attached hydrogens (tertiary/aromatic N) is 1. The molecule has 20 heavy (non-hydrogen) atoms. The second-order valence-corrected chi connectivity index (χ2v) is 4.86. The van der Waals surface area contributed by atoms with E-state index in [-0.39, 0.29) is 5.82 Å². The van der Waals surface area contributed by atoms with Gasteiger partial charge in [0.2, 0.25) is 11.8 Å². The number of benzene rings is 1. The zero-order valence-corrected chi connectivity index (χ0v) is 10.9. The molecule has 4 nitrogen and oxygen atoms in total. The van der Waals surface area contributed by atoms with Crippen molar-refractivity contribution in [1.29, 1.82) is 0 Å². The molecular weight excluding hydrogens is 259 g/mol. The van der Waals surface area contributed by atoms with Crippen molar-refractivity contribution in [3.8, 4) is 17.5 Å². The number of ether oxygens (including phenoxy) is 2. The van der Waals surface area contributed by atoms with E-state index in [2.05, 4.69) is 4.98 Å². The summed E-state index contributed by atoms with van der Waals surface area (Å²) < 4.78 is 24.1. The second kappa shape index (κ2) is 5.36. The molecular formula is C15H15FN2O2. The maximum atomic E-state index is 13.1. The van der Waals surface area contributed by atoms with E-state index in [1.165, 1.54) is 25.0 Å². The molecule has 0 saturated heterocycles. The summed E-state index contributed by atoms with van der Waals surface area (Å²) in [6.07, 6.45) is 2.39. The van der Waals surface area contributed by atoms with E-state index < -0.39 is 0 Å². The highest BCUT2D eigenvalue weighted by molar-refractivity contribution is 5.49. The number of nitrogens with two attached hydrogens (primary N) is 1. The molecule has 1 fully saturated rings. The normalized spacial score (nSPS) is 14.1. The number of hydrogen-bond acceptors (Lipinski definition) is 4. The van der Waals surface area contributed by atoms with Crippen LogP contribution in [0.3, 0.4) is 0 Å². The first kappa shape index (κ1) is 12.7. The smallest absolute Gasteiger partial charge is 0.240 e. The minimum Gasteiger partial charge on any atom is -0.476 e. The lowest BCUT2D eigenvalue weighted by Crippen LogP contribution is -2.04. The van der Waals surface area contributed by atoms with Crippen molar-refractivity contribution < 1.29 is 13.9 Å². The zero-order chi connectivity index (χ0) is 13.9. The van der Waals surface area contributed by atoms with Crippen LogP contribution in [-0.2, 0) is 0 Å². The van der Waals surface area contributed by atoms with Gasteiger partial charge in [-0.05, 0) is 37.0 Å². The number of hydrogen-bond donors (Lipinski definition) is 1. The highest BCUT2D eigenvalue weighted by Gasteiger charge is 2.22. The third-order valence-electron chi connectivity index (χ3n) is 3.04. The molecule has 0 aliphatic heterocycles. The molecule has 0 bridgehead atoms. The van der Waals surface area contributed by atoms with Gasteiger partial charge < -0.3 is 15.2 Å². The molecule has 1 saturated carbocycles. The third-order valence-corrected chi connectivity index (χ3v) is 3.04. The molecule has 1 aliphatic carbocycles. The summed E-state index contributed by atoms with van der Waals surface area (Å²) in [6, 6.07) is 9.18. The van der Waals surface area contributed by atoms with Gasteiger partial charge in [-0.1, -0.05) is 6.07 Å². The predicted molar refractivity (Wildman–Crippen MR) is 73.3 cm³/mol. The number of nitrogen functional groups attached to an aromatic ring is 1. The van der Waals surface area contributed by atoms with Gasteiger partial charge in [-0.2, -0.15) is 4.98 Å². The highest BCUT2D eigenvalue weighted by Crippen LogP contribution is 2.31. The Hall–Kier alpha value is -2.30. The van der Waals surface area contributed by atoms with Crippen molar-refractivity contribution in [3.63, 3.8) is 0 Å². The SMILES string of the molecule is Nc1ccc(Oc2cccc(F)c2)nc1OCC1CC1. The monoisotopic (exact) mass is 274 g/mol. The summed E-state index contributed by atoms with van der Waals surface area (Å²) in [5, 5.41) is 0. The Morgan fingerprint density at radius 1 is 1.25 bits per heavy atom. The number of anilines is 1. The summed E-state index contributed by atoms with van der Waals surface area (Å²) in [5.74, 6) is 1.34. The van der Waals surface area contributed by atoms with Crippen molar-refractivity contribution in [2.45, 2.75) is 12.8 Å². The van der Waals surface area contributed by atoms with Gasteiger partial charge >= 0.3 is 0 Å². The Kier molecular flexibility index (Phi) is 3.41. The van der Waals surface area contributed by atoms with Gasteiger partial charge in [0, 0.05) is 12.1 Å². The van der Waals surface area contributed by atoms with E-state index in [1.807, 2.05) is 0 Å². The van der Waals surface area contributed by atoms with Crippen molar-refractivity contribution in [2.24, 2.45) is 5.92 Å². The van der Waals surface area contributed by atoms with Crippen LogP contribution in [-0.4, -0.2) is 11.6 Å². The maximum absolute atomic E-state index is 13.1. The topological polar surface area (TPSA) is 57.4 Å². The van der Waals surface area contributed by atoms with Gasteiger partial charge in [-0.15, -0.1) is 0 Å². The number of pyridine rings is 1. The average molecular weight is 274 g/mol. The Bertz CT molecular complexity index is 615. The summed E-state index contributed by atoms with van der Waals surface area (Å²) in [7, 11) is 0. The van der Waals surface area contributed by atoms with Gasteiger partial charge in [0.25, 0.3) is 0 Å². The first-order valence-corrected chi connectivity index (χ1v) is 6.53. The lowest BCUT2D eigenvalue weighted by molar-refractivity contribution is 0.286. The molecule has 0 amide bonds. The van der Waals surface area contributed by atoms with Crippen molar-refractivity contribution in [1.82, 2.24) is 4.98 Å². The number of rotatable bonds is 5. The van der Waals surface area contributed by atoms with E-state index in [0.717, 1.165) is 0 Å². The summed E-state index contributed by atoms with van der Waals surface area (Å²) in [5.41, 5.74) is 6.28. The molecule has 3 rings (SSSR count). The molecule has 1 aromatic heterocycles. The molecule has 0 spiro atoms. The van der Waals surface area contributed by atoms with E-state index >= 15 is 0 Å². The van der Waals surface area contributed by atoms with Gasteiger partial charge in [0.05, 0.1) is 12.3 Å². The lowest BCUT2D eigenvalue weighted by Gasteiger charge is -2.10. The summed E-state index contributed by atoms with van der Waals surface area (Å²) >= 11 is 0. The molecule has 0 radical (unpaired) electrons. The van der Waals surface area contributed by atoms with Crippen LogP contribution < -0.4 is 15.2 Å². The molecule has 2 aromatic rings. The van der Waals surface area contributed by atoms with Crippen LogP contribution in [0.5, 0.6) is 17.5 Å². The van der Waals surface area contributed by atoms with Gasteiger partial charge in [-0.25, -0.2) is 4.39 Å². The Morgan fingerprint density at radius 2 is 2.10 bits per heavy atom. The van der Waals surface area contributed by atoms with E-state index in [9.17, 15) is 4.39 Å². The minimum atomic E-state index is -0.358. The molecule has 1 aromatic carbocycles. The molecule has 2 N–H and O–H groups in total. The minimum absolute atomic E-state index is 0.329. The molecule has 5 heteroatoms. The largest absolute Gasteiger partial charge is 0.476 e. The average Bonchev–Trinajstić information content (AvgIpc) is 3.23. The van der Waals surface area contributed by atoms with Gasteiger partial charge in [-0.3, -0.25) is 0 Å². The Labute approximate surface area is 116 Å². The van der Waals surface area contributed by atoms with E-state index in [4.69, 9.17) is 15.2 Å². The van der Waals surface area contributed by atoms with E-state index in [0.29, 0.717) is 35.7 Å². The third kappa shape index (κ3) is 3.17. The van der Waals surface area contributed by atoms with Crippen LogP contribution in [0.2, 0.25) is 0 Å². The van der Waals surface area contributed by atoms with Crippen LogP contribution in [0.4, 0.5) is 10.1 Å². The fourth-order valence-corrected chi connectivity index (χ4v) is 1.74. The van der Waals surface area contributed by atoms with Crippen LogP contribution in [0.15, 0.2) is 36.4 Å². The van der Waals surface area contributed by atoms with Crippen LogP contribution >= 0.6 is 0 Å². The summed E-state index contributed by atoms with van der Waals surface area (Å²) in [6.45, 7) is 0.626. The fourth-order valence-electron chi connectivity index (χ4n) is 1.74. The first-order valence-electron chi connectivity index (χ1n) is 6.53. The predicted octanol–water partition coefficient (Wildman–Crippen LogP) is 3.38. The fraction of sp³-hybridized carbons (Fsp3) is 0.267. The van der Waals surface area contributed by atoms with Gasteiger partial charge in [0.15, 0.2) is 0 Å².